The zero-order chi connectivity index (χ0) is 18.0. The average molecular weight is 344 g/mol. The SMILES string of the molecule is CC(=O)O[C@@H]1C=C2C(=O)C[C@@H]3[C@H](CC[C@]4(C)C(=O)CC[C@@H]34)[C@@]2(C)CC1. The second kappa shape index (κ2) is 5.52. The molecular formula is C21H28O4. The van der Waals surface area contributed by atoms with E-state index in [-0.39, 0.29) is 28.7 Å². The summed E-state index contributed by atoms with van der Waals surface area (Å²) in [7, 11) is 0. The zero-order valence-electron chi connectivity index (χ0n) is 15.5. The zero-order valence-corrected chi connectivity index (χ0v) is 15.5. The average Bonchev–Trinajstić information content (AvgIpc) is 2.84. The van der Waals surface area contributed by atoms with Crippen LogP contribution in [0, 0.1) is 28.6 Å². The molecule has 0 amide bonds. The molecule has 0 aromatic heterocycles. The maximum Gasteiger partial charge on any atom is 0.303 e. The van der Waals surface area contributed by atoms with Gasteiger partial charge in [0.05, 0.1) is 0 Å². The maximum absolute atomic E-state index is 13.0. The fourth-order valence-corrected chi connectivity index (χ4v) is 6.60. The summed E-state index contributed by atoms with van der Waals surface area (Å²) in [6.45, 7) is 5.79. The Morgan fingerprint density at radius 2 is 1.76 bits per heavy atom. The van der Waals surface area contributed by atoms with Crippen LogP contribution in [-0.4, -0.2) is 23.6 Å². The Bertz CT molecular complexity index is 677. The Morgan fingerprint density at radius 3 is 2.48 bits per heavy atom. The van der Waals surface area contributed by atoms with Crippen molar-refractivity contribution in [3.63, 3.8) is 0 Å². The van der Waals surface area contributed by atoms with Crippen molar-refractivity contribution >= 4 is 17.5 Å². The van der Waals surface area contributed by atoms with Crippen LogP contribution in [0.25, 0.3) is 0 Å². The molecule has 3 fully saturated rings. The molecule has 136 valence electrons. The van der Waals surface area contributed by atoms with E-state index in [1.54, 1.807) is 0 Å². The van der Waals surface area contributed by atoms with E-state index >= 15 is 0 Å². The molecule has 0 saturated heterocycles. The molecule has 6 atom stereocenters. The molecule has 4 nitrogen and oxygen atoms in total. The number of allylic oxidation sites excluding steroid dienone is 1. The first-order valence-electron chi connectivity index (χ1n) is 9.72. The number of esters is 1. The summed E-state index contributed by atoms with van der Waals surface area (Å²) in [5.41, 5.74) is 0.566. The minimum absolute atomic E-state index is 0.121. The molecule has 4 heteroatoms. The normalized spacial score (nSPS) is 46.0. The summed E-state index contributed by atoms with van der Waals surface area (Å²) in [5, 5.41) is 0. The smallest absolute Gasteiger partial charge is 0.303 e. The third kappa shape index (κ3) is 2.36. The molecule has 0 aromatic carbocycles. The van der Waals surface area contributed by atoms with Crippen LogP contribution in [-0.2, 0) is 19.1 Å². The number of fused-ring (bicyclic) bond motifs is 5. The van der Waals surface area contributed by atoms with E-state index in [9.17, 15) is 14.4 Å². The number of ether oxygens (including phenoxy) is 1. The number of Topliss-reactive ketones (excluding diaryl/α,β-unsaturated/α-hetero) is 2. The molecule has 0 bridgehead atoms. The van der Waals surface area contributed by atoms with E-state index in [0.29, 0.717) is 36.4 Å². The topological polar surface area (TPSA) is 60.4 Å². The van der Waals surface area contributed by atoms with Gasteiger partial charge in [0.2, 0.25) is 0 Å². The highest BCUT2D eigenvalue weighted by molar-refractivity contribution is 5.98. The van der Waals surface area contributed by atoms with Crippen molar-refractivity contribution in [3.05, 3.63) is 11.6 Å². The predicted octanol–water partition coefficient (Wildman–Crippen LogP) is 3.63. The lowest BCUT2D eigenvalue weighted by molar-refractivity contribution is -0.146. The molecule has 3 saturated carbocycles. The minimum Gasteiger partial charge on any atom is -0.458 e. The third-order valence-corrected chi connectivity index (χ3v) is 7.92. The Labute approximate surface area is 149 Å². The highest BCUT2D eigenvalue weighted by atomic mass is 16.5. The Balaban J connectivity index is 1.67. The van der Waals surface area contributed by atoms with Crippen LogP contribution in [0.15, 0.2) is 11.6 Å². The fraction of sp³-hybridized carbons (Fsp3) is 0.762. The first-order valence-corrected chi connectivity index (χ1v) is 9.72. The first-order chi connectivity index (χ1) is 11.8. The highest BCUT2D eigenvalue weighted by Crippen LogP contribution is 2.63. The molecule has 25 heavy (non-hydrogen) atoms. The van der Waals surface area contributed by atoms with E-state index in [2.05, 4.69) is 13.8 Å². The van der Waals surface area contributed by atoms with Crippen LogP contribution in [0.3, 0.4) is 0 Å². The van der Waals surface area contributed by atoms with Crippen LogP contribution >= 0.6 is 0 Å². The Hall–Kier alpha value is -1.45. The van der Waals surface area contributed by atoms with Crippen LogP contribution in [0.4, 0.5) is 0 Å². The van der Waals surface area contributed by atoms with E-state index in [4.69, 9.17) is 4.74 Å². The molecule has 0 unspecified atom stereocenters. The Kier molecular flexibility index (Phi) is 3.75. The third-order valence-electron chi connectivity index (χ3n) is 7.92. The first kappa shape index (κ1) is 17.0. The lowest BCUT2D eigenvalue weighted by Gasteiger charge is -2.56. The van der Waals surface area contributed by atoms with Crippen molar-refractivity contribution in [1.29, 1.82) is 0 Å². The molecule has 4 aliphatic carbocycles. The van der Waals surface area contributed by atoms with Gasteiger partial charge in [0.1, 0.15) is 11.9 Å². The van der Waals surface area contributed by atoms with E-state index in [0.717, 1.165) is 37.7 Å². The van der Waals surface area contributed by atoms with Gasteiger partial charge < -0.3 is 4.74 Å². The number of ketones is 2. The van der Waals surface area contributed by atoms with Crippen molar-refractivity contribution in [2.45, 2.75) is 71.8 Å². The molecule has 4 rings (SSSR count). The van der Waals surface area contributed by atoms with Gasteiger partial charge in [-0.1, -0.05) is 13.8 Å². The second-order valence-corrected chi connectivity index (χ2v) is 9.11. The van der Waals surface area contributed by atoms with Gasteiger partial charge in [-0.25, -0.2) is 0 Å². The van der Waals surface area contributed by atoms with Crippen LogP contribution in [0.5, 0.6) is 0 Å². The van der Waals surface area contributed by atoms with E-state index < -0.39 is 0 Å². The standard InChI is InChI=1S/C21H28O4/c1-12(22)25-13-6-8-20(2)16-7-9-21(3)15(4-5-19(21)24)14(16)11-18(23)17(20)10-13/h10,13-16H,4-9,11H2,1-3H3/t13-,14-,15-,16-,20+,21-/m0/s1. The monoisotopic (exact) mass is 344 g/mol. The molecule has 0 aromatic rings. The number of hydrogen-bond donors (Lipinski definition) is 0. The summed E-state index contributed by atoms with van der Waals surface area (Å²) in [6, 6.07) is 0. The van der Waals surface area contributed by atoms with Gasteiger partial charge in [-0.15, -0.1) is 0 Å². The second-order valence-electron chi connectivity index (χ2n) is 9.11. The number of rotatable bonds is 1. The quantitative estimate of drug-likeness (QED) is 0.682. The van der Waals surface area contributed by atoms with Gasteiger partial charge in [-0.05, 0) is 61.3 Å². The number of carbonyl (C=O) groups is 3. The summed E-state index contributed by atoms with van der Waals surface area (Å²) in [5.74, 6) is 1.51. The van der Waals surface area contributed by atoms with Gasteiger partial charge >= 0.3 is 5.97 Å². The van der Waals surface area contributed by atoms with Crippen LogP contribution in [0.1, 0.15) is 65.7 Å². The summed E-state index contributed by atoms with van der Waals surface area (Å²) < 4.78 is 5.36. The van der Waals surface area contributed by atoms with Crippen molar-refractivity contribution in [2.75, 3.05) is 0 Å². The lowest BCUT2D eigenvalue weighted by atomic mass is 9.47. The largest absolute Gasteiger partial charge is 0.458 e. The summed E-state index contributed by atoms with van der Waals surface area (Å²) in [6.07, 6.45) is 7.54. The highest BCUT2D eigenvalue weighted by Gasteiger charge is 2.60. The predicted molar refractivity (Wildman–Crippen MR) is 92.7 cm³/mol. The molecule has 0 spiro atoms. The van der Waals surface area contributed by atoms with Crippen molar-refractivity contribution in [1.82, 2.24) is 0 Å². The van der Waals surface area contributed by atoms with Crippen molar-refractivity contribution < 1.29 is 19.1 Å². The fourth-order valence-electron chi connectivity index (χ4n) is 6.60. The van der Waals surface area contributed by atoms with Gasteiger partial charge in [-0.3, -0.25) is 14.4 Å². The summed E-state index contributed by atoms with van der Waals surface area (Å²) >= 11 is 0. The molecule has 0 heterocycles. The van der Waals surface area contributed by atoms with E-state index in [1.807, 2.05) is 6.08 Å². The minimum atomic E-state index is -0.288. The number of carbonyl (C=O) groups excluding carboxylic acids is 3. The van der Waals surface area contributed by atoms with Crippen molar-refractivity contribution in [2.24, 2.45) is 28.6 Å². The van der Waals surface area contributed by atoms with Gasteiger partial charge in [0.15, 0.2) is 5.78 Å². The van der Waals surface area contributed by atoms with Crippen LogP contribution < -0.4 is 0 Å². The van der Waals surface area contributed by atoms with Crippen molar-refractivity contribution in [3.8, 4) is 0 Å². The van der Waals surface area contributed by atoms with Gasteiger partial charge in [0, 0.05) is 30.8 Å². The molecule has 4 aliphatic rings. The maximum atomic E-state index is 13.0. The molecular weight excluding hydrogens is 316 g/mol. The van der Waals surface area contributed by atoms with Crippen LogP contribution in [0.2, 0.25) is 0 Å². The van der Waals surface area contributed by atoms with Gasteiger partial charge in [-0.2, -0.15) is 0 Å². The van der Waals surface area contributed by atoms with E-state index in [1.165, 1.54) is 6.92 Å². The molecule has 0 aliphatic heterocycles. The molecule has 0 radical (unpaired) electrons. The summed E-state index contributed by atoms with van der Waals surface area (Å²) in [4.78, 5) is 36.7. The Morgan fingerprint density at radius 1 is 1.08 bits per heavy atom. The lowest BCUT2D eigenvalue weighted by Crippen LogP contribution is -2.53. The number of hydrogen-bond acceptors (Lipinski definition) is 4. The van der Waals surface area contributed by atoms with Gasteiger partial charge in [0.25, 0.3) is 0 Å². The molecule has 0 N–H and O–H groups in total.